The fourth-order valence-electron chi connectivity index (χ4n) is 0.801. The van der Waals surface area contributed by atoms with Gasteiger partial charge in [0.05, 0.1) is 24.1 Å². The van der Waals surface area contributed by atoms with Crippen LogP contribution >= 0.6 is 11.5 Å². The SMILES string of the molecule is c1n[nH]cc1NCc1csnn1. The molecule has 0 aliphatic rings. The molecule has 0 radical (unpaired) electrons. The molecule has 2 N–H and O–H groups in total. The Morgan fingerprint density at radius 1 is 1.58 bits per heavy atom. The zero-order valence-corrected chi connectivity index (χ0v) is 7.01. The Bertz CT molecular complexity index is 279. The third-order valence-electron chi connectivity index (χ3n) is 1.38. The molecule has 0 atom stereocenters. The van der Waals surface area contributed by atoms with E-state index in [2.05, 4.69) is 25.1 Å². The largest absolute Gasteiger partial charge is 0.377 e. The van der Waals surface area contributed by atoms with Gasteiger partial charge in [-0.2, -0.15) is 5.10 Å². The van der Waals surface area contributed by atoms with Gasteiger partial charge in [0, 0.05) is 11.6 Å². The van der Waals surface area contributed by atoms with E-state index in [4.69, 9.17) is 0 Å². The van der Waals surface area contributed by atoms with E-state index in [0.717, 1.165) is 11.4 Å². The molecule has 0 saturated carbocycles. The van der Waals surface area contributed by atoms with E-state index in [1.807, 2.05) is 5.38 Å². The molecule has 2 heterocycles. The van der Waals surface area contributed by atoms with Crippen LogP contribution in [0.25, 0.3) is 0 Å². The predicted octanol–water partition coefficient (Wildman–Crippen LogP) is 0.873. The average Bonchev–Trinajstić information content (AvgIpc) is 2.74. The van der Waals surface area contributed by atoms with Crippen molar-refractivity contribution in [1.82, 2.24) is 19.8 Å². The van der Waals surface area contributed by atoms with Gasteiger partial charge in [0.1, 0.15) is 0 Å². The van der Waals surface area contributed by atoms with Crippen molar-refractivity contribution in [2.24, 2.45) is 0 Å². The summed E-state index contributed by atoms with van der Waals surface area (Å²) in [5, 5.41) is 15.5. The molecule has 12 heavy (non-hydrogen) atoms. The van der Waals surface area contributed by atoms with E-state index >= 15 is 0 Å². The normalized spacial score (nSPS) is 10.0. The zero-order chi connectivity index (χ0) is 8.23. The number of hydrogen-bond donors (Lipinski definition) is 2. The number of nitrogens with one attached hydrogen (secondary N) is 2. The number of nitrogens with zero attached hydrogens (tertiary/aromatic N) is 3. The first-order valence-electron chi connectivity index (χ1n) is 3.44. The van der Waals surface area contributed by atoms with Gasteiger partial charge >= 0.3 is 0 Å². The number of aromatic amines is 1. The van der Waals surface area contributed by atoms with Gasteiger partial charge in [0.2, 0.25) is 0 Å². The summed E-state index contributed by atoms with van der Waals surface area (Å²) >= 11 is 1.35. The molecule has 2 aromatic rings. The number of H-pyrrole nitrogens is 1. The monoisotopic (exact) mass is 181 g/mol. The molecule has 2 rings (SSSR count). The summed E-state index contributed by atoms with van der Waals surface area (Å²) in [7, 11) is 0. The zero-order valence-electron chi connectivity index (χ0n) is 6.19. The van der Waals surface area contributed by atoms with Gasteiger partial charge in [-0.15, -0.1) is 5.10 Å². The molecule has 62 valence electrons. The van der Waals surface area contributed by atoms with Crippen molar-refractivity contribution >= 4 is 17.2 Å². The fraction of sp³-hybridized carbons (Fsp3) is 0.167. The Morgan fingerprint density at radius 3 is 3.25 bits per heavy atom. The van der Waals surface area contributed by atoms with Crippen LogP contribution < -0.4 is 5.32 Å². The maximum atomic E-state index is 3.89. The van der Waals surface area contributed by atoms with Crippen LogP contribution in [0, 0.1) is 0 Å². The summed E-state index contributed by atoms with van der Waals surface area (Å²) in [6.45, 7) is 0.691. The number of rotatable bonds is 3. The molecule has 6 heteroatoms. The molecule has 0 aliphatic carbocycles. The maximum Gasteiger partial charge on any atom is 0.0946 e. The smallest absolute Gasteiger partial charge is 0.0946 e. The maximum absolute atomic E-state index is 3.89. The van der Waals surface area contributed by atoms with E-state index in [9.17, 15) is 0 Å². The van der Waals surface area contributed by atoms with Crippen LogP contribution in [0.15, 0.2) is 17.8 Å². The second-order valence-electron chi connectivity index (χ2n) is 2.24. The molecular formula is C6H7N5S. The lowest BCUT2D eigenvalue weighted by atomic mass is 10.4. The minimum Gasteiger partial charge on any atom is -0.377 e. The highest BCUT2D eigenvalue weighted by Gasteiger charge is 1.96. The second kappa shape index (κ2) is 3.31. The summed E-state index contributed by atoms with van der Waals surface area (Å²) in [5.74, 6) is 0. The first-order valence-corrected chi connectivity index (χ1v) is 4.27. The molecule has 0 amide bonds. The summed E-state index contributed by atoms with van der Waals surface area (Å²) in [6.07, 6.45) is 3.51. The van der Waals surface area contributed by atoms with Gasteiger partial charge in [-0.3, -0.25) is 5.10 Å². The molecule has 0 fully saturated rings. The Morgan fingerprint density at radius 2 is 2.58 bits per heavy atom. The lowest BCUT2D eigenvalue weighted by molar-refractivity contribution is 0.999. The van der Waals surface area contributed by atoms with E-state index in [-0.39, 0.29) is 0 Å². The molecule has 0 spiro atoms. The van der Waals surface area contributed by atoms with E-state index in [1.54, 1.807) is 12.4 Å². The van der Waals surface area contributed by atoms with Crippen LogP contribution in [-0.4, -0.2) is 19.8 Å². The molecule has 0 aliphatic heterocycles. The highest BCUT2D eigenvalue weighted by molar-refractivity contribution is 7.03. The van der Waals surface area contributed by atoms with Crippen molar-refractivity contribution in [2.45, 2.75) is 6.54 Å². The molecule has 0 unspecified atom stereocenters. The van der Waals surface area contributed by atoms with Crippen molar-refractivity contribution in [3.63, 3.8) is 0 Å². The first-order chi connectivity index (χ1) is 5.95. The van der Waals surface area contributed by atoms with Gasteiger partial charge in [-0.05, 0) is 11.5 Å². The second-order valence-corrected chi connectivity index (χ2v) is 2.85. The molecular weight excluding hydrogens is 174 g/mol. The summed E-state index contributed by atoms with van der Waals surface area (Å²) in [4.78, 5) is 0. The Balaban J connectivity index is 1.91. The third-order valence-corrected chi connectivity index (χ3v) is 1.93. The number of aromatic nitrogens is 4. The minimum absolute atomic E-state index is 0.691. The van der Waals surface area contributed by atoms with Crippen LogP contribution in [-0.2, 0) is 6.54 Å². The highest BCUT2D eigenvalue weighted by atomic mass is 32.1. The van der Waals surface area contributed by atoms with Gasteiger partial charge < -0.3 is 5.32 Å². The lowest BCUT2D eigenvalue weighted by Crippen LogP contribution is -1.98. The highest BCUT2D eigenvalue weighted by Crippen LogP contribution is 2.04. The Hall–Kier alpha value is -1.43. The van der Waals surface area contributed by atoms with Crippen LogP contribution in [0.5, 0.6) is 0 Å². The first kappa shape index (κ1) is 7.23. The van der Waals surface area contributed by atoms with Gasteiger partial charge in [-0.1, -0.05) is 4.49 Å². The van der Waals surface area contributed by atoms with E-state index in [0.29, 0.717) is 6.54 Å². The molecule has 0 aromatic carbocycles. The van der Waals surface area contributed by atoms with Crippen LogP contribution in [0.1, 0.15) is 5.69 Å². The molecule has 5 nitrogen and oxygen atoms in total. The molecule has 0 saturated heterocycles. The fourth-order valence-corrected chi connectivity index (χ4v) is 1.25. The van der Waals surface area contributed by atoms with Crippen molar-refractivity contribution in [1.29, 1.82) is 0 Å². The number of hydrogen-bond acceptors (Lipinski definition) is 5. The van der Waals surface area contributed by atoms with Crippen molar-refractivity contribution in [3.05, 3.63) is 23.5 Å². The molecule has 2 aromatic heterocycles. The predicted molar refractivity (Wildman–Crippen MR) is 45.8 cm³/mol. The third kappa shape index (κ3) is 1.59. The van der Waals surface area contributed by atoms with E-state index in [1.165, 1.54) is 11.5 Å². The Labute approximate surface area is 73.0 Å². The van der Waals surface area contributed by atoms with Crippen molar-refractivity contribution in [3.8, 4) is 0 Å². The van der Waals surface area contributed by atoms with Gasteiger partial charge in [-0.25, -0.2) is 0 Å². The number of anilines is 1. The van der Waals surface area contributed by atoms with Crippen LogP contribution in [0.4, 0.5) is 5.69 Å². The van der Waals surface area contributed by atoms with E-state index < -0.39 is 0 Å². The van der Waals surface area contributed by atoms with Crippen molar-refractivity contribution in [2.75, 3.05) is 5.32 Å². The quantitative estimate of drug-likeness (QED) is 0.737. The summed E-state index contributed by atoms with van der Waals surface area (Å²) < 4.78 is 3.75. The average molecular weight is 181 g/mol. The topological polar surface area (TPSA) is 66.5 Å². The van der Waals surface area contributed by atoms with Gasteiger partial charge in [0.15, 0.2) is 0 Å². The standard InChI is InChI=1S/C6H7N5S/c1(6-4-12-11-10-6)7-5-2-8-9-3-5/h2-4,7H,1H2,(H,8,9). The lowest BCUT2D eigenvalue weighted by Gasteiger charge is -1.97. The van der Waals surface area contributed by atoms with Crippen LogP contribution in [0.3, 0.4) is 0 Å². The summed E-state index contributed by atoms with van der Waals surface area (Å²) in [6, 6.07) is 0. The van der Waals surface area contributed by atoms with Gasteiger partial charge in [0.25, 0.3) is 0 Å². The van der Waals surface area contributed by atoms with Crippen molar-refractivity contribution < 1.29 is 0 Å². The Kier molecular flexibility index (Phi) is 2.00. The minimum atomic E-state index is 0.691. The molecule has 0 bridgehead atoms. The summed E-state index contributed by atoms with van der Waals surface area (Å²) in [5.41, 5.74) is 1.91. The van der Waals surface area contributed by atoms with Crippen LogP contribution in [0.2, 0.25) is 0 Å².